The fourth-order valence-corrected chi connectivity index (χ4v) is 1.94. The maximum Gasteiger partial charge on any atom is 0.272 e. The number of nitrogens with one attached hydrogen (secondary N) is 1. The maximum absolute atomic E-state index is 10.9. The van der Waals surface area contributed by atoms with E-state index in [-0.39, 0.29) is 10.6 Å². The van der Waals surface area contributed by atoms with Crippen LogP contribution in [0, 0.1) is 17.0 Å². The van der Waals surface area contributed by atoms with E-state index >= 15 is 0 Å². The number of nitrogens with zero attached hydrogens (tertiary/aromatic N) is 2. The Morgan fingerprint density at radius 2 is 2.19 bits per heavy atom. The van der Waals surface area contributed by atoms with Gasteiger partial charge in [-0.1, -0.05) is 12.1 Å². The predicted molar refractivity (Wildman–Crippen MR) is 80.6 cm³/mol. The summed E-state index contributed by atoms with van der Waals surface area (Å²) in [4.78, 5) is 14.7. The lowest BCUT2D eigenvalue weighted by Crippen LogP contribution is -2.04. The number of benzene rings is 1. The molecule has 0 amide bonds. The van der Waals surface area contributed by atoms with E-state index < -0.39 is 0 Å². The summed E-state index contributed by atoms with van der Waals surface area (Å²) in [6.07, 6.45) is 1.66. The van der Waals surface area contributed by atoms with E-state index in [9.17, 15) is 10.1 Å². The largest absolute Gasteiger partial charge is 0.476 e. The van der Waals surface area contributed by atoms with Gasteiger partial charge in [0.25, 0.3) is 5.69 Å². The van der Waals surface area contributed by atoms with Gasteiger partial charge in [-0.05, 0) is 31.5 Å². The summed E-state index contributed by atoms with van der Waals surface area (Å²) in [7, 11) is 0. The third-order valence-electron chi connectivity index (χ3n) is 3.01. The monoisotopic (exact) mass is 287 g/mol. The highest BCUT2D eigenvalue weighted by Gasteiger charge is 2.11. The molecule has 0 atom stereocenters. The van der Waals surface area contributed by atoms with E-state index in [2.05, 4.69) is 10.3 Å². The van der Waals surface area contributed by atoms with Gasteiger partial charge in [0, 0.05) is 24.4 Å². The Morgan fingerprint density at radius 1 is 1.38 bits per heavy atom. The van der Waals surface area contributed by atoms with Gasteiger partial charge in [-0.3, -0.25) is 10.1 Å². The van der Waals surface area contributed by atoms with E-state index in [4.69, 9.17) is 4.74 Å². The second kappa shape index (κ2) is 6.69. The molecule has 1 heterocycles. The zero-order valence-corrected chi connectivity index (χ0v) is 12.0. The van der Waals surface area contributed by atoms with Crippen molar-refractivity contribution >= 4 is 11.4 Å². The summed E-state index contributed by atoms with van der Waals surface area (Å²) in [5.41, 5.74) is 2.38. The number of hydrogen-bond donors (Lipinski definition) is 1. The van der Waals surface area contributed by atoms with E-state index in [1.165, 1.54) is 0 Å². The highest BCUT2D eigenvalue weighted by Crippen LogP contribution is 2.23. The second-order valence-corrected chi connectivity index (χ2v) is 4.52. The van der Waals surface area contributed by atoms with Crippen molar-refractivity contribution in [2.45, 2.75) is 20.4 Å². The van der Waals surface area contributed by atoms with Crippen LogP contribution in [0.5, 0.6) is 5.88 Å². The average Bonchev–Trinajstić information content (AvgIpc) is 2.47. The summed E-state index contributed by atoms with van der Waals surface area (Å²) in [5.74, 6) is 0.529. The highest BCUT2D eigenvalue weighted by molar-refractivity contribution is 5.53. The maximum atomic E-state index is 10.9. The Morgan fingerprint density at radius 3 is 2.90 bits per heavy atom. The molecular weight excluding hydrogens is 270 g/mol. The van der Waals surface area contributed by atoms with Crippen LogP contribution >= 0.6 is 0 Å². The first-order chi connectivity index (χ1) is 10.1. The SMILES string of the molecule is CCOc1ncccc1NCc1ccc(C)c([N+](=O)[O-])c1. The first-order valence-corrected chi connectivity index (χ1v) is 6.67. The molecule has 0 aliphatic heterocycles. The van der Waals surface area contributed by atoms with E-state index in [0.717, 1.165) is 11.3 Å². The topological polar surface area (TPSA) is 77.3 Å². The Hall–Kier alpha value is -2.63. The molecule has 1 aromatic heterocycles. The molecule has 1 N–H and O–H groups in total. The van der Waals surface area contributed by atoms with Crippen molar-refractivity contribution in [3.8, 4) is 5.88 Å². The van der Waals surface area contributed by atoms with Crippen LogP contribution in [0.25, 0.3) is 0 Å². The number of nitro benzene ring substituents is 1. The summed E-state index contributed by atoms with van der Waals surface area (Å²) < 4.78 is 5.42. The molecule has 110 valence electrons. The summed E-state index contributed by atoms with van der Waals surface area (Å²) in [5, 5.41) is 14.1. The van der Waals surface area contributed by atoms with Gasteiger partial charge < -0.3 is 10.1 Å². The number of hydrogen-bond acceptors (Lipinski definition) is 5. The molecule has 0 aliphatic rings. The Balaban J connectivity index is 2.13. The van der Waals surface area contributed by atoms with Crippen molar-refractivity contribution in [2.24, 2.45) is 0 Å². The molecule has 0 aliphatic carbocycles. The molecule has 0 saturated heterocycles. The molecule has 6 heteroatoms. The zero-order chi connectivity index (χ0) is 15.2. The Bertz CT molecular complexity index is 644. The number of pyridine rings is 1. The minimum Gasteiger partial charge on any atom is -0.476 e. The van der Waals surface area contributed by atoms with Crippen molar-refractivity contribution in [2.75, 3.05) is 11.9 Å². The first kappa shape index (κ1) is 14.8. The lowest BCUT2D eigenvalue weighted by atomic mass is 10.1. The molecule has 21 heavy (non-hydrogen) atoms. The molecule has 0 radical (unpaired) electrons. The molecule has 2 aromatic rings. The van der Waals surface area contributed by atoms with Crippen molar-refractivity contribution in [1.29, 1.82) is 0 Å². The molecule has 0 fully saturated rings. The van der Waals surface area contributed by atoms with Crippen LogP contribution in [-0.4, -0.2) is 16.5 Å². The Labute approximate surface area is 122 Å². The van der Waals surface area contributed by atoms with Crippen LogP contribution in [-0.2, 0) is 6.54 Å². The van der Waals surface area contributed by atoms with Crippen molar-refractivity contribution < 1.29 is 9.66 Å². The minimum absolute atomic E-state index is 0.130. The van der Waals surface area contributed by atoms with Crippen LogP contribution in [0.3, 0.4) is 0 Å². The number of rotatable bonds is 6. The molecule has 0 bridgehead atoms. The predicted octanol–water partition coefficient (Wildman–Crippen LogP) is 3.31. The average molecular weight is 287 g/mol. The summed E-state index contributed by atoms with van der Waals surface area (Å²) in [6, 6.07) is 8.87. The molecule has 0 spiro atoms. The molecule has 2 rings (SSSR count). The number of aryl methyl sites for hydroxylation is 1. The van der Waals surface area contributed by atoms with Crippen molar-refractivity contribution in [3.63, 3.8) is 0 Å². The van der Waals surface area contributed by atoms with Gasteiger partial charge in [-0.15, -0.1) is 0 Å². The number of nitro groups is 1. The molecule has 0 unspecified atom stereocenters. The van der Waals surface area contributed by atoms with Crippen molar-refractivity contribution in [3.05, 3.63) is 57.8 Å². The second-order valence-electron chi connectivity index (χ2n) is 4.52. The lowest BCUT2D eigenvalue weighted by molar-refractivity contribution is -0.385. The Kier molecular flexibility index (Phi) is 4.71. The van der Waals surface area contributed by atoms with E-state index in [1.807, 2.05) is 25.1 Å². The fourth-order valence-electron chi connectivity index (χ4n) is 1.94. The number of ether oxygens (including phenoxy) is 1. The number of aromatic nitrogens is 1. The van der Waals surface area contributed by atoms with Gasteiger partial charge in [0.15, 0.2) is 0 Å². The van der Waals surface area contributed by atoms with E-state index in [1.54, 1.807) is 25.3 Å². The van der Waals surface area contributed by atoms with Crippen LogP contribution in [0.2, 0.25) is 0 Å². The number of anilines is 1. The lowest BCUT2D eigenvalue weighted by Gasteiger charge is -2.11. The first-order valence-electron chi connectivity index (χ1n) is 6.67. The van der Waals surface area contributed by atoms with Crippen LogP contribution in [0.1, 0.15) is 18.1 Å². The molecule has 6 nitrogen and oxygen atoms in total. The molecular formula is C15H17N3O3. The van der Waals surface area contributed by atoms with Gasteiger partial charge in [-0.25, -0.2) is 4.98 Å². The minimum atomic E-state index is -0.367. The van der Waals surface area contributed by atoms with Gasteiger partial charge in [0.05, 0.1) is 17.2 Å². The van der Waals surface area contributed by atoms with Gasteiger partial charge >= 0.3 is 0 Å². The van der Waals surface area contributed by atoms with Crippen LogP contribution in [0.4, 0.5) is 11.4 Å². The molecule has 1 aromatic carbocycles. The third kappa shape index (κ3) is 3.68. The summed E-state index contributed by atoms with van der Waals surface area (Å²) >= 11 is 0. The standard InChI is InChI=1S/C15H17N3O3/c1-3-21-15-13(5-4-8-16-15)17-10-12-7-6-11(2)14(9-12)18(19)20/h4-9,17H,3,10H2,1-2H3. The normalized spacial score (nSPS) is 10.2. The molecule has 0 saturated carbocycles. The zero-order valence-electron chi connectivity index (χ0n) is 12.0. The summed E-state index contributed by atoms with van der Waals surface area (Å²) in [6.45, 7) is 4.61. The fraction of sp³-hybridized carbons (Fsp3) is 0.267. The quantitative estimate of drug-likeness (QED) is 0.651. The van der Waals surface area contributed by atoms with Crippen LogP contribution < -0.4 is 10.1 Å². The van der Waals surface area contributed by atoms with E-state index in [0.29, 0.717) is 24.6 Å². The third-order valence-corrected chi connectivity index (χ3v) is 3.01. The van der Waals surface area contributed by atoms with Crippen molar-refractivity contribution in [1.82, 2.24) is 4.98 Å². The smallest absolute Gasteiger partial charge is 0.272 e. The van der Waals surface area contributed by atoms with Gasteiger partial charge in [0.2, 0.25) is 5.88 Å². The van der Waals surface area contributed by atoms with Gasteiger partial charge in [0.1, 0.15) is 0 Å². The van der Waals surface area contributed by atoms with Crippen LogP contribution in [0.15, 0.2) is 36.5 Å². The van der Waals surface area contributed by atoms with Gasteiger partial charge in [-0.2, -0.15) is 0 Å². The highest BCUT2D eigenvalue weighted by atomic mass is 16.6.